The highest BCUT2D eigenvalue weighted by Gasteiger charge is 2.13. The summed E-state index contributed by atoms with van der Waals surface area (Å²) in [5, 5.41) is 2.92. The molecule has 0 radical (unpaired) electrons. The van der Waals surface area contributed by atoms with Gasteiger partial charge in [0.25, 0.3) is 0 Å². The minimum Gasteiger partial charge on any atom is -0.326 e. The van der Waals surface area contributed by atoms with Crippen molar-refractivity contribution in [2.45, 2.75) is 32.6 Å². The smallest absolute Gasteiger partial charge is 0.227 e. The number of carbonyl (C=O) groups is 1. The van der Waals surface area contributed by atoms with Gasteiger partial charge in [-0.15, -0.1) is 11.6 Å². The molecule has 0 unspecified atom stereocenters. The van der Waals surface area contributed by atoms with Crippen molar-refractivity contribution in [2.75, 3.05) is 5.32 Å². The Morgan fingerprint density at radius 3 is 2.62 bits per heavy atom. The topological polar surface area (TPSA) is 29.1 Å². The van der Waals surface area contributed by atoms with Gasteiger partial charge in [0, 0.05) is 17.5 Å². The normalized spacial score (nSPS) is 10.5. The molecule has 0 fully saturated rings. The minimum absolute atomic E-state index is 0.0942. The van der Waals surface area contributed by atoms with Crippen LogP contribution in [-0.4, -0.2) is 5.91 Å². The van der Waals surface area contributed by atoms with Crippen molar-refractivity contribution in [1.82, 2.24) is 0 Å². The van der Waals surface area contributed by atoms with Crippen molar-refractivity contribution in [3.63, 3.8) is 0 Å². The third-order valence-electron chi connectivity index (χ3n) is 2.71. The molecule has 0 aliphatic rings. The second-order valence-corrected chi connectivity index (χ2v) is 4.10. The fourth-order valence-electron chi connectivity index (χ4n) is 1.64. The van der Waals surface area contributed by atoms with E-state index in [2.05, 4.69) is 5.32 Å². The SMILES string of the molecule is CCC(CC)C(=O)Nc1cccc(CCl)c1. The summed E-state index contributed by atoms with van der Waals surface area (Å²) >= 11 is 5.74. The monoisotopic (exact) mass is 239 g/mol. The van der Waals surface area contributed by atoms with Crippen molar-refractivity contribution < 1.29 is 4.79 Å². The lowest BCUT2D eigenvalue weighted by atomic mass is 10.0. The molecule has 3 heteroatoms. The highest BCUT2D eigenvalue weighted by atomic mass is 35.5. The Kier molecular flexibility index (Phi) is 5.33. The van der Waals surface area contributed by atoms with Gasteiger partial charge in [0.15, 0.2) is 0 Å². The van der Waals surface area contributed by atoms with Gasteiger partial charge >= 0.3 is 0 Å². The molecule has 0 saturated heterocycles. The zero-order chi connectivity index (χ0) is 12.0. The number of nitrogens with one attached hydrogen (secondary N) is 1. The lowest BCUT2D eigenvalue weighted by molar-refractivity contribution is -0.120. The molecule has 1 N–H and O–H groups in total. The zero-order valence-corrected chi connectivity index (χ0v) is 10.6. The fourth-order valence-corrected chi connectivity index (χ4v) is 1.80. The van der Waals surface area contributed by atoms with Gasteiger partial charge in [0.05, 0.1) is 0 Å². The lowest BCUT2D eigenvalue weighted by Gasteiger charge is -2.13. The van der Waals surface area contributed by atoms with E-state index in [0.717, 1.165) is 24.1 Å². The standard InChI is InChI=1S/C13H18ClNO/c1-3-11(4-2)13(16)15-12-7-5-6-10(8-12)9-14/h5-8,11H,3-4,9H2,1-2H3,(H,15,16). The molecule has 16 heavy (non-hydrogen) atoms. The number of hydrogen-bond acceptors (Lipinski definition) is 1. The molecule has 0 bridgehead atoms. The molecule has 0 aromatic heterocycles. The molecule has 0 saturated carbocycles. The number of benzene rings is 1. The molecule has 0 spiro atoms. The maximum absolute atomic E-state index is 11.8. The number of rotatable bonds is 5. The maximum Gasteiger partial charge on any atom is 0.227 e. The molecular formula is C13H18ClNO. The molecule has 1 rings (SSSR count). The van der Waals surface area contributed by atoms with Crippen LogP contribution in [0.5, 0.6) is 0 Å². The molecule has 1 amide bonds. The summed E-state index contributed by atoms with van der Waals surface area (Å²) in [6, 6.07) is 7.64. The Balaban J connectivity index is 2.68. The van der Waals surface area contributed by atoms with Crippen LogP contribution < -0.4 is 5.32 Å². The van der Waals surface area contributed by atoms with E-state index < -0.39 is 0 Å². The average molecular weight is 240 g/mol. The summed E-state index contributed by atoms with van der Waals surface area (Å²) in [5.74, 6) is 0.658. The molecule has 1 aromatic carbocycles. The fraction of sp³-hybridized carbons (Fsp3) is 0.462. The van der Waals surface area contributed by atoms with E-state index in [9.17, 15) is 4.79 Å². The zero-order valence-electron chi connectivity index (χ0n) is 9.79. The quantitative estimate of drug-likeness (QED) is 0.778. The second kappa shape index (κ2) is 6.54. The van der Waals surface area contributed by atoms with Gasteiger partial charge in [-0.25, -0.2) is 0 Å². The summed E-state index contributed by atoms with van der Waals surface area (Å²) in [6.45, 7) is 4.06. The molecular weight excluding hydrogens is 222 g/mol. The summed E-state index contributed by atoms with van der Waals surface area (Å²) in [4.78, 5) is 11.8. The van der Waals surface area contributed by atoms with Gasteiger partial charge in [-0.3, -0.25) is 4.79 Å². The average Bonchev–Trinajstić information content (AvgIpc) is 2.31. The molecule has 1 aromatic rings. The van der Waals surface area contributed by atoms with Crippen LogP contribution in [0.2, 0.25) is 0 Å². The first-order valence-corrected chi connectivity index (χ1v) is 6.20. The van der Waals surface area contributed by atoms with Gasteiger partial charge in [0.2, 0.25) is 5.91 Å². The second-order valence-electron chi connectivity index (χ2n) is 3.84. The predicted octanol–water partition coefficient (Wildman–Crippen LogP) is 3.80. The number of alkyl halides is 1. The first-order valence-electron chi connectivity index (χ1n) is 5.67. The van der Waals surface area contributed by atoms with E-state index in [1.165, 1.54) is 0 Å². The highest BCUT2D eigenvalue weighted by molar-refractivity contribution is 6.17. The van der Waals surface area contributed by atoms with Crippen molar-refractivity contribution in [3.05, 3.63) is 29.8 Å². The Morgan fingerprint density at radius 2 is 2.06 bits per heavy atom. The summed E-state index contributed by atoms with van der Waals surface area (Å²) < 4.78 is 0. The number of carbonyl (C=O) groups excluding carboxylic acids is 1. The van der Waals surface area contributed by atoms with Crippen LogP contribution in [0.3, 0.4) is 0 Å². The largest absolute Gasteiger partial charge is 0.326 e. The van der Waals surface area contributed by atoms with Gasteiger partial charge in [0.1, 0.15) is 0 Å². The maximum atomic E-state index is 11.8. The van der Waals surface area contributed by atoms with E-state index >= 15 is 0 Å². The van der Waals surface area contributed by atoms with Gasteiger partial charge in [-0.1, -0.05) is 26.0 Å². The summed E-state index contributed by atoms with van der Waals surface area (Å²) in [6.07, 6.45) is 1.75. The molecule has 0 aliphatic carbocycles. The molecule has 0 atom stereocenters. The van der Waals surface area contributed by atoms with Gasteiger partial charge in [-0.2, -0.15) is 0 Å². The minimum atomic E-state index is 0.0942. The Hall–Kier alpha value is -1.02. The van der Waals surface area contributed by atoms with Crippen molar-refractivity contribution in [3.8, 4) is 0 Å². The Bertz CT molecular complexity index is 348. The van der Waals surface area contributed by atoms with Crippen molar-refractivity contribution >= 4 is 23.2 Å². The van der Waals surface area contributed by atoms with Gasteiger partial charge < -0.3 is 5.32 Å². The number of halogens is 1. The van der Waals surface area contributed by atoms with Crippen molar-refractivity contribution in [2.24, 2.45) is 5.92 Å². The van der Waals surface area contributed by atoms with Crippen LogP contribution in [0.4, 0.5) is 5.69 Å². The van der Waals surface area contributed by atoms with Crippen molar-refractivity contribution in [1.29, 1.82) is 0 Å². The van der Waals surface area contributed by atoms with E-state index in [0.29, 0.717) is 5.88 Å². The van der Waals surface area contributed by atoms with Crippen LogP contribution >= 0.6 is 11.6 Å². The van der Waals surface area contributed by atoms with E-state index in [-0.39, 0.29) is 11.8 Å². The first-order chi connectivity index (χ1) is 7.71. The highest BCUT2D eigenvalue weighted by Crippen LogP contribution is 2.15. The number of amides is 1. The summed E-state index contributed by atoms with van der Waals surface area (Å²) in [7, 11) is 0. The Labute approximate surface area is 102 Å². The molecule has 2 nitrogen and oxygen atoms in total. The number of anilines is 1. The van der Waals surface area contributed by atoms with Crippen LogP contribution in [0.1, 0.15) is 32.3 Å². The Morgan fingerprint density at radius 1 is 1.38 bits per heavy atom. The molecule has 0 heterocycles. The van der Waals surface area contributed by atoms with Crippen LogP contribution in [0, 0.1) is 5.92 Å². The summed E-state index contributed by atoms with van der Waals surface area (Å²) in [5.41, 5.74) is 1.85. The van der Waals surface area contributed by atoms with E-state index in [1.807, 2.05) is 38.1 Å². The molecule has 88 valence electrons. The number of hydrogen-bond donors (Lipinski definition) is 1. The van der Waals surface area contributed by atoms with E-state index in [4.69, 9.17) is 11.6 Å². The van der Waals surface area contributed by atoms with E-state index in [1.54, 1.807) is 0 Å². The molecule has 0 aliphatic heterocycles. The van der Waals surface area contributed by atoms with Crippen LogP contribution in [-0.2, 0) is 10.7 Å². The lowest BCUT2D eigenvalue weighted by Crippen LogP contribution is -2.21. The predicted molar refractivity (Wildman–Crippen MR) is 68.7 cm³/mol. The van der Waals surface area contributed by atoms with Gasteiger partial charge in [-0.05, 0) is 30.5 Å². The van der Waals surface area contributed by atoms with Crippen LogP contribution in [0.25, 0.3) is 0 Å². The van der Waals surface area contributed by atoms with Crippen LogP contribution in [0.15, 0.2) is 24.3 Å². The third-order valence-corrected chi connectivity index (χ3v) is 3.01. The first kappa shape index (κ1) is 13.0. The third kappa shape index (κ3) is 3.53.